The van der Waals surface area contributed by atoms with E-state index in [1.807, 2.05) is 0 Å². The maximum Gasteiger partial charge on any atom is 2.00 e. The topological polar surface area (TPSA) is 68.9 Å². The molecule has 26 heavy (non-hydrogen) atoms. The summed E-state index contributed by atoms with van der Waals surface area (Å²) in [6, 6.07) is 12.0. The van der Waals surface area contributed by atoms with E-state index >= 15 is 0 Å². The van der Waals surface area contributed by atoms with Crippen LogP contribution in [0.5, 0.6) is 0 Å². The summed E-state index contributed by atoms with van der Waals surface area (Å²) >= 11 is 0. The molecule has 0 N–H and O–H groups in total. The second-order valence-electron chi connectivity index (χ2n) is 3.75. The van der Waals surface area contributed by atoms with E-state index in [1.165, 1.54) is 0 Å². The summed E-state index contributed by atoms with van der Waals surface area (Å²) in [7, 11) is 0. The van der Waals surface area contributed by atoms with E-state index in [0.717, 1.165) is 13.3 Å². The minimum absolute atomic E-state index is 0. The molecule has 1 unspecified atom stereocenters. The van der Waals surface area contributed by atoms with E-state index in [1.54, 1.807) is 6.07 Å². The van der Waals surface area contributed by atoms with Crippen LogP contribution in [-0.4, -0.2) is 24.6 Å². The molecule has 1 fully saturated rings. The molecule has 0 aromatic heterocycles. The number of ether oxygens (including phenoxy) is 1. The molecule has 4 nitrogen and oxygen atoms in total. The predicted molar refractivity (Wildman–Crippen MR) is 63.4 cm³/mol. The zero-order chi connectivity index (χ0) is 20.7. The summed E-state index contributed by atoms with van der Waals surface area (Å²) in [5.41, 5.74) is -4.03. The average molecular weight is 550 g/mol. The van der Waals surface area contributed by atoms with Crippen LogP contribution < -0.4 is 0 Å². The molecule has 11 heteroatoms. The van der Waals surface area contributed by atoms with Crippen molar-refractivity contribution in [2.24, 2.45) is 5.92 Å². The summed E-state index contributed by atoms with van der Waals surface area (Å²) in [5, 5.41) is 0. The summed E-state index contributed by atoms with van der Waals surface area (Å²) in [6.45, 7) is 13.7. The minimum atomic E-state index is -5.45. The van der Waals surface area contributed by atoms with Crippen LogP contribution in [0.25, 0.3) is 0 Å². The largest absolute Gasteiger partial charge is 2.00 e. The van der Waals surface area contributed by atoms with E-state index in [0.29, 0.717) is 0 Å². The first-order chi connectivity index (χ1) is 11.6. The quantitative estimate of drug-likeness (QED) is 0.278. The molecule has 1 heterocycles. The van der Waals surface area contributed by atoms with Gasteiger partial charge in [0, 0.05) is 0 Å². The van der Waals surface area contributed by atoms with Crippen molar-refractivity contribution in [3.05, 3.63) is 56.7 Å². The molecule has 1 aliphatic rings. The summed E-state index contributed by atoms with van der Waals surface area (Å²) in [4.78, 5) is 0. The van der Waals surface area contributed by atoms with E-state index in [4.69, 9.17) is 14.0 Å². The van der Waals surface area contributed by atoms with Gasteiger partial charge in [-0.25, -0.2) is 0 Å². The van der Waals surface area contributed by atoms with Crippen LogP contribution in [0.1, 0.15) is 6.92 Å². The number of hydrogen-bond acceptors (Lipinski definition) is 1. The first-order valence-corrected chi connectivity index (χ1v) is 5.67. The normalized spacial score (nSPS) is 16.9. The van der Waals surface area contributed by atoms with Crippen molar-refractivity contribution < 1.29 is 66.1 Å². The average Bonchev–Trinajstić information content (AvgIpc) is 3.24. The van der Waals surface area contributed by atoms with E-state index in [9.17, 15) is 26.3 Å². The van der Waals surface area contributed by atoms with Crippen LogP contribution in [0, 0.1) is 56.6 Å². The smallest absolute Gasteiger partial charge is 0.999 e. The Balaban J connectivity index is -0.000000168. The molecule has 0 saturated carbocycles. The van der Waals surface area contributed by atoms with Crippen LogP contribution in [0.3, 0.4) is 0 Å². The second-order valence-corrected chi connectivity index (χ2v) is 3.75. The van der Waals surface area contributed by atoms with E-state index in [2.05, 4.69) is 49.0 Å². The molecule has 2 rings (SSSR count). The molecule has 144 valence electrons. The fraction of sp³-hybridized carbons (Fsp3) is 0.400. The third-order valence-electron chi connectivity index (χ3n) is 2.60. The molecular weight excluding hydrogens is 542 g/mol. The van der Waals surface area contributed by atoms with Gasteiger partial charge in [-0.2, -0.15) is 26.3 Å². The van der Waals surface area contributed by atoms with Gasteiger partial charge in [-0.3, -0.25) is 6.42 Å². The summed E-state index contributed by atoms with van der Waals surface area (Å²) < 4.78 is 100. The SMILES string of the molecule is CC1[CH-]COC1(C(F)(F)F)C(F)(F)F.[C-]#[O+].[C-]#[O+].[C-]#[O+].[W+2].[c-]1[c-][c-][cH-][c-]1. The van der Waals surface area contributed by atoms with Gasteiger partial charge < -0.3 is 35.1 Å². The van der Waals surface area contributed by atoms with Crippen molar-refractivity contribution in [1.29, 1.82) is 0 Å². The Morgan fingerprint density at radius 1 is 0.923 bits per heavy atom. The van der Waals surface area contributed by atoms with Gasteiger partial charge in [-0.05, 0) is 0 Å². The fourth-order valence-electron chi connectivity index (χ4n) is 1.64. The van der Waals surface area contributed by atoms with Gasteiger partial charge in [0.25, 0.3) is 0 Å². The van der Waals surface area contributed by atoms with Crippen molar-refractivity contribution >= 4 is 0 Å². The van der Waals surface area contributed by atoms with Crippen LogP contribution >= 0.6 is 0 Å². The predicted octanol–water partition coefficient (Wildman–Crippen LogP) is 3.21. The van der Waals surface area contributed by atoms with Crippen molar-refractivity contribution in [1.82, 2.24) is 0 Å². The Hall–Kier alpha value is -1.20. The Morgan fingerprint density at radius 3 is 1.38 bits per heavy atom. The maximum absolute atomic E-state index is 12.3. The zero-order valence-corrected chi connectivity index (χ0v) is 15.7. The first kappa shape index (κ1) is 32.5. The van der Waals surface area contributed by atoms with Crippen molar-refractivity contribution in [3.8, 4) is 0 Å². The Morgan fingerprint density at radius 2 is 1.27 bits per heavy atom. The second kappa shape index (κ2) is 16.0. The third-order valence-corrected chi connectivity index (χ3v) is 2.60. The van der Waals surface area contributed by atoms with Crippen LogP contribution in [0.15, 0.2) is 6.07 Å². The van der Waals surface area contributed by atoms with Gasteiger partial charge in [0.2, 0.25) is 5.60 Å². The van der Waals surface area contributed by atoms with Gasteiger partial charge in [-0.1, -0.05) is 13.5 Å². The van der Waals surface area contributed by atoms with Crippen LogP contribution in [-0.2, 0) is 39.8 Å². The van der Waals surface area contributed by atoms with Gasteiger partial charge in [-0.15, -0.1) is 5.92 Å². The number of rotatable bonds is 0. The minimum Gasteiger partial charge on any atom is -0.999 e. The monoisotopic (exact) mass is 550 g/mol. The van der Waals surface area contributed by atoms with E-state index in [-0.39, 0.29) is 21.1 Å². The van der Waals surface area contributed by atoms with Crippen LogP contribution in [0.2, 0.25) is 0 Å². The van der Waals surface area contributed by atoms with Gasteiger partial charge in [0.1, 0.15) is 0 Å². The fourth-order valence-corrected chi connectivity index (χ4v) is 1.64. The summed E-state index contributed by atoms with van der Waals surface area (Å²) in [6.07, 6.45) is -10.0. The molecule has 0 spiro atoms. The third kappa shape index (κ3) is 8.95. The Bertz CT molecular complexity index is 445. The molecule has 0 amide bonds. The Kier molecular flexibility index (Phi) is 20.0. The van der Waals surface area contributed by atoms with Crippen LogP contribution in [0.4, 0.5) is 26.3 Å². The van der Waals surface area contributed by atoms with Crippen molar-refractivity contribution in [3.63, 3.8) is 0 Å². The van der Waals surface area contributed by atoms with Crippen molar-refractivity contribution in [2.45, 2.75) is 24.9 Å². The molecule has 1 aromatic carbocycles. The molecule has 1 aliphatic heterocycles. The Labute approximate surface area is 160 Å². The maximum atomic E-state index is 12.3. The first-order valence-electron chi connectivity index (χ1n) is 5.67. The number of halogens is 6. The number of alkyl halides is 6. The van der Waals surface area contributed by atoms with Gasteiger partial charge >= 0.3 is 67.3 Å². The van der Waals surface area contributed by atoms with Gasteiger partial charge in [0.05, 0.1) is 0 Å². The summed E-state index contributed by atoms with van der Waals surface area (Å²) in [5.74, 6) is -1.72. The molecule has 1 saturated heterocycles. The van der Waals surface area contributed by atoms with Gasteiger partial charge in [0.15, 0.2) is 0 Å². The molecule has 1 atom stereocenters. The van der Waals surface area contributed by atoms with E-state index < -0.39 is 30.5 Å². The molecule has 0 bridgehead atoms. The zero-order valence-electron chi connectivity index (χ0n) is 12.7. The standard InChI is InChI=1S/C7H7F6O.C5H.3CO.W/c1-4-2-3-14-5(4,6(8,9)10)7(11,12)13;1-2-4-5-3-1;3*1-2;/h2,4H,3H2,1H3;1H;;;;/q-1;-5;;;;+2. The molecule has 0 radical (unpaired) electrons. The van der Waals surface area contributed by atoms with Crippen molar-refractivity contribution in [2.75, 3.05) is 6.61 Å². The molecule has 0 aliphatic carbocycles. The molecule has 1 aromatic rings. The molecular formula is C15H8F6O4W-4. The number of hydrogen-bond donors (Lipinski definition) is 0.